The zero-order valence-corrected chi connectivity index (χ0v) is 7.90. The third-order valence-corrected chi connectivity index (χ3v) is 2.36. The summed E-state index contributed by atoms with van der Waals surface area (Å²) in [5.74, 6) is 0. The first kappa shape index (κ1) is 9.06. The molecule has 1 saturated heterocycles. The molecule has 1 aliphatic heterocycles. The Kier molecular flexibility index (Phi) is 2.68. The van der Waals surface area contributed by atoms with Gasteiger partial charge in [0, 0.05) is 0 Å². The second-order valence-electron chi connectivity index (χ2n) is 3.39. The third kappa shape index (κ3) is 2.05. The van der Waals surface area contributed by atoms with Crippen LogP contribution in [0, 0.1) is 0 Å². The molecule has 3 nitrogen and oxygen atoms in total. The molecule has 1 aromatic carbocycles. The zero-order chi connectivity index (χ0) is 9.80. The van der Waals surface area contributed by atoms with Gasteiger partial charge in [0.2, 0.25) is 0 Å². The minimum Gasteiger partial charge on any atom is -0.450 e. The lowest BCUT2D eigenvalue weighted by molar-refractivity contribution is 0.151. The highest BCUT2D eigenvalue weighted by Gasteiger charge is 2.18. The second kappa shape index (κ2) is 4.13. The van der Waals surface area contributed by atoms with Crippen molar-refractivity contribution in [2.45, 2.75) is 18.9 Å². The number of rotatable bonds is 1. The van der Waals surface area contributed by atoms with E-state index in [4.69, 9.17) is 4.74 Å². The van der Waals surface area contributed by atoms with E-state index in [2.05, 4.69) is 5.32 Å². The molecule has 0 radical (unpaired) electrons. The van der Waals surface area contributed by atoms with Gasteiger partial charge in [0.05, 0.1) is 12.6 Å². The van der Waals surface area contributed by atoms with Gasteiger partial charge in [-0.2, -0.15) is 0 Å². The monoisotopic (exact) mass is 191 g/mol. The molecule has 1 amide bonds. The summed E-state index contributed by atoms with van der Waals surface area (Å²) in [6.07, 6.45) is 1.55. The fourth-order valence-electron chi connectivity index (χ4n) is 1.64. The highest BCUT2D eigenvalue weighted by Crippen LogP contribution is 2.20. The Balaban J connectivity index is 2.13. The predicted octanol–water partition coefficient (Wildman–Crippen LogP) is 2.25. The van der Waals surface area contributed by atoms with E-state index in [1.807, 2.05) is 30.3 Å². The normalized spacial score (nSPS) is 22.0. The third-order valence-electron chi connectivity index (χ3n) is 2.36. The molecule has 0 bridgehead atoms. The van der Waals surface area contributed by atoms with Gasteiger partial charge in [-0.15, -0.1) is 0 Å². The van der Waals surface area contributed by atoms with Gasteiger partial charge in [0.1, 0.15) is 0 Å². The molecular formula is C11H13NO2. The van der Waals surface area contributed by atoms with Gasteiger partial charge in [-0.1, -0.05) is 30.3 Å². The van der Waals surface area contributed by atoms with Crippen LogP contribution in [0.4, 0.5) is 4.79 Å². The summed E-state index contributed by atoms with van der Waals surface area (Å²) in [4.78, 5) is 11.1. The lowest BCUT2D eigenvalue weighted by Crippen LogP contribution is -2.26. The Labute approximate surface area is 83.1 Å². The summed E-state index contributed by atoms with van der Waals surface area (Å²) in [5, 5.41) is 2.83. The minimum atomic E-state index is -0.309. The first-order chi connectivity index (χ1) is 6.86. The maximum atomic E-state index is 11.1. The number of hydrogen-bond donors (Lipinski definition) is 1. The highest BCUT2D eigenvalue weighted by atomic mass is 16.5. The van der Waals surface area contributed by atoms with Gasteiger partial charge in [-0.3, -0.25) is 0 Å². The molecule has 0 saturated carbocycles. The predicted molar refractivity (Wildman–Crippen MR) is 52.9 cm³/mol. The van der Waals surface area contributed by atoms with Crippen molar-refractivity contribution in [2.24, 2.45) is 0 Å². The van der Waals surface area contributed by atoms with E-state index < -0.39 is 0 Å². The van der Waals surface area contributed by atoms with Crippen LogP contribution in [-0.4, -0.2) is 12.7 Å². The van der Waals surface area contributed by atoms with Crippen LogP contribution in [0.1, 0.15) is 24.4 Å². The molecule has 1 aliphatic rings. The molecule has 0 spiro atoms. The Morgan fingerprint density at radius 1 is 1.29 bits per heavy atom. The number of alkyl carbamates (subject to hydrolysis) is 1. The number of nitrogens with one attached hydrogen (secondary N) is 1. The molecule has 3 heteroatoms. The average Bonchev–Trinajstić information content (AvgIpc) is 2.44. The van der Waals surface area contributed by atoms with Crippen molar-refractivity contribution < 1.29 is 9.53 Å². The number of hydrogen-bond acceptors (Lipinski definition) is 2. The Hall–Kier alpha value is -1.51. The molecular weight excluding hydrogens is 178 g/mol. The molecule has 0 aromatic heterocycles. The van der Waals surface area contributed by atoms with Crippen LogP contribution >= 0.6 is 0 Å². The average molecular weight is 191 g/mol. The van der Waals surface area contributed by atoms with E-state index in [9.17, 15) is 4.79 Å². The summed E-state index contributed by atoms with van der Waals surface area (Å²) in [5.41, 5.74) is 1.14. The SMILES string of the molecule is O=C1NC(c2ccccc2)CCCO1. The van der Waals surface area contributed by atoms with Crippen LogP contribution in [0.5, 0.6) is 0 Å². The Morgan fingerprint density at radius 3 is 2.86 bits per heavy atom. The van der Waals surface area contributed by atoms with Crippen LogP contribution < -0.4 is 5.32 Å². The molecule has 14 heavy (non-hydrogen) atoms. The molecule has 1 aromatic rings. The van der Waals surface area contributed by atoms with Crippen molar-refractivity contribution >= 4 is 6.09 Å². The van der Waals surface area contributed by atoms with Crippen LogP contribution in [0.15, 0.2) is 30.3 Å². The molecule has 1 N–H and O–H groups in total. The van der Waals surface area contributed by atoms with Gasteiger partial charge in [-0.25, -0.2) is 4.79 Å². The number of ether oxygens (including phenoxy) is 1. The molecule has 2 rings (SSSR count). The van der Waals surface area contributed by atoms with E-state index in [0.717, 1.165) is 18.4 Å². The standard InChI is InChI=1S/C11H13NO2/c13-11-12-10(7-4-8-14-11)9-5-2-1-3-6-9/h1-3,5-6,10H,4,7-8H2,(H,12,13). The molecule has 0 aliphatic carbocycles. The van der Waals surface area contributed by atoms with Crippen molar-refractivity contribution in [1.29, 1.82) is 0 Å². The molecule has 74 valence electrons. The summed E-state index contributed by atoms with van der Waals surface area (Å²) in [7, 11) is 0. The summed E-state index contributed by atoms with van der Waals surface area (Å²) >= 11 is 0. The van der Waals surface area contributed by atoms with E-state index in [-0.39, 0.29) is 12.1 Å². The van der Waals surface area contributed by atoms with E-state index in [0.29, 0.717) is 6.61 Å². The second-order valence-corrected chi connectivity index (χ2v) is 3.39. The number of cyclic esters (lactones) is 1. The summed E-state index contributed by atoms with van der Waals surface area (Å²) < 4.78 is 4.90. The maximum Gasteiger partial charge on any atom is 0.407 e. The highest BCUT2D eigenvalue weighted by molar-refractivity contribution is 5.68. The number of carbonyl (C=O) groups is 1. The fraction of sp³-hybridized carbons (Fsp3) is 0.364. The van der Waals surface area contributed by atoms with Crippen LogP contribution in [-0.2, 0) is 4.74 Å². The molecule has 1 heterocycles. The fourth-order valence-corrected chi connectivity index (χ4v) is 1.64. The summed E-state index contributed by atoms with van der Waals surface area (Å²) in [6.45, 7) is 0.523. The van der Waals surface area contributed by atoms with E-state index >= 15 is 0 Å². The van der Waals surface area contributed by atoms with Gasteiger partial charge in [-0.05, 0) is 18.4 Å². The zero-order valence-electron chi connectivity index (χ0n) is 7.90. The lowest BCUT2D eigenvalue weighted by atomic mass is 10.0. The summed E-state index contributed by atoms with van der Waals surface area (Å²) in [6, 6.07) is 10.1. The smallest absolute Gasteiger partial charge is 0.407 e. The molecule has 1 fully saturated rings. The largest absolute Gasteiger partial charge is 0.450 e. The topological polar surface area (TPSA) is 38.3 Å². The van der Waals surface area contributed by atoms with Gasteiger partial charge in [0.25, 0.3) is 0 Å². The van der Waals surface area contributed by atoms with Crippen molar-refractivity contribution in [3.8, 4) is 0 Å². The van der Waals surface area contributed by atoms with Crippen LogP contribution in [0.2, 0.25) is 0 Å². The number of carbonyl (C=O) groups excluding carboxylic acids is 1. The molecule has 1 unspecified atom stereocenters. The van der Waals surface area contributed by atoms with Gasteiger partial charge in [0.15, 0.2) is 0 Å². The van der Waals surface area contributed by atoms with Gasteiger partial charge < -0.3 is 10.1 Å². The molecule has 1 atom stereocenters. The number of amides is 1. The van der Waals surface area contributed by atoms with E-state index in [1.54, 1.807) is 0 Å². The Bertz CT molecular complexity index is 310. The quantitative estimate of drug-likeness (QED) is 0.739. The number of benzene rings is 1. The van der Waals surface area contributed by atoms with Crippen molar-refractivity contribution in [2.75, 3.05) is 6.61 Å². The Morgan fingerprint density at radius 2 is 2.07 bits per heavy atom. The van der Waals surface area contributed by atoms with E-state index in [1.165, 1.54) is 0 Å². The van der Waals surface area contributed by atoms with Gasteiger partial charge >= 0.3 is 6.09 Å². The van der Waals surface area contributed by atoms with Crippen molar-refractivity contribution in [3.05, 3.63) is 35.9 Å². The first-order valence-electron chi connectivity index (χ1n) is 4.84. The van der Waals surface area contributed by atoms with Crippen molar-refractivity contribution in [3.63, 3.8) is 0 Å². The van der Waals surface area contributed by atoms with Crippen molar-refractivity contribution in [1.82, 2.24) is 5.32 Å². The first-order valence-corrected chi connectivity index (χ1v) is 4.84. The maximum absolute atomic E-state index is 11.1. The van der Waals surface area contributed by atoms with Crippen LogP contribution in [0.25, 0.3) is 0 Å². The van der Waals surface area contributed by atoms with Crippen LogP contribution in [0.3, 0.4) is 0 Å². The lowest BCUT2D eigenvalue weighted by Gasteiger charge is -2.14. The minimum absolute atomic E-state index is 0.103.